The van der Waals surface area contributed by atoms with Crippen molar-refractivity contribution >= 4 is 27.8 Å². The van der Waals surface area contributed by atoms with Crippen molar-refractivity contribution < 1.29 is 14.3 Å². The Morgan fingerprint density at radius 3 is 2.95 bits per heavy atom. The number of hydrogen-bond acceptors (Lipinski definition) is 4. The van der Waals surface area contributed by atoms with Gasteiger partial charge in [0.15, 0.2) is 5.78 Å². The number of carbonyl (C=O) groups excluding carboxylic acids is 2. The lowest BCUT2D eigenvalue weighted by atomic mass is 9.97. The third-order valence-electron chi connectivity index (χ3n) is 3.32. The number of pyridine rings is 1. The molecule has 1 amide bonds. The van der Waals surface area contributed by atoms with Crippen molar-refractivity contribution in [3.8, 4) is 0 Å². The number of ketones is 1. The number of halogens is 1. The molecule has 1 aromatic rings. The molecular weight excluding hydrogens is 336 g/mol. The minimum atomic E-state index is -0.480. The monoisotopic (exact) mass is 354 g/mol. The van der Waals surface area contributed by atoms with Crippen LogP contribution in [-0.4, -0.2) is 40.5 Å². The van der Waals surface area contributed by atoms with Crippen LogP contribution in [0.15, 0.2) is 22.8 Å². The third-order valence-corrected chi connectivity index (χ3v) is 3.76. The maximum atomic E-state index is 12.2. The molecule has 2 rings (SSSR count). The number of ether oxygens (including phenoxy) is 1. The van der Waals surface area contributed by atoms with Crippen LogP contribution in [0.25, 0.3) is 0 Å². The topological polar surface area (TPSA) is 59.5 Å². The summed E-state index contributed by atoms with van der Waals surface area (Å²) in [6.07, 6.45) is 1.00. The fraction of sp³-hybridized carbons (Fsp3) is 0.533. The molecule has 21 heavy (non-hydrogen) atoms. The van der Waals surface area contributed by atoms with Gasteiger partial charge in [-0.3, -0.25) is 9.69 Å². The Morgan fingerprint density at radius 2 is 2.29 bits per heavy atom. The van der Waals surface area contributed by atoms with Crippen LogP contribution in [0.5, 0.6) is 0 Å². The van der Waals surface area contributed by atoms with Gasteiger partial charge in [-0.25, -0.2) is 9.78 Å². The number of piperidine rings is 1. The van der Waals surface area contributed by atoms with E-state index in [-0.39, 0.29) is 11.9 Å². The molecule has 2 heterocycles. The molecule has 6 heteroatoms. The van der Waals surface area contributed by atoms with E-state index < -0.39 is 12.1 Å². The van der Waals surface area contributed by atoms with Crippen LogP contribution < -0.4 is 0 Å². The Bertz CT molecular complexity index is 533. The molecule has 0 aliphatic carbocycles. The molecule has 0 aromatic carbocycles. The summed E-state index contributed by atoms with van der Waals surface area (Å²) in [5.74, 6) is 0.0729. The van der Waals surface area contributed by atoms with Crippen molar-refractivity contribution in [3.63, 3.8) is 0 Å². The summed E-state index contributed by atoms with van der Waals surface area (Å²) in [6.45, 7) is 4.15. The Balaban J connectivity index is 2.15. The predicted molar refractivity (Wildman–Crippen MR) is 82.0 cm³/mol. The number of amides is 1. The normalized spacial score (nSPS) is 19.0. The summed E-state index contributed by atoms with van der Waals surface area (Å²) in [5.41, 5.74) is 0.784. The molecule has 0 radical (unpaired) electrons. The fourth-order valence-electron chi connectivity index (χ4n) is 2.39. The first kappa shape index (κ1) is 15.9. The quantitative estimate of drug-likeness (QED) is 0.783. The van der Waals surface area contributed by atoms with Gasteiger partial charge in [-0.2, -0.15) is 0 Å². The Labute approximate surface area is 132 Å². The number of aromatic nitrogens is 1. The summed E-state index contributed by atoms with van der Waals surface area (Å²) in [4.78, 5) is 30.2. The second kappa shape index (κ2) is 7.02. The van der Waals surface area contributed by atoms with Crippen LogP contribution in [0.2, 0.25) is 0 Å². The van der Waals surface area contributed by atoms with Gasteiger partial charge in [0.25, 0.3) is 0 Å². The van der Waals surface area contributed by atoms with Crippen molar-refractivity contribution in [2.75, 3.05) is 6.54 Å². The lowest BCUT2D eigenvalue weighted by Gasteiger charge is -2.34. The summed E-state index contributed by atoms with van der Waals surface area (Å²) < 4.78 is 5.96. The van der Waals surface area contributed by atoms with Crippen LogP contribution in [0.4, 0.5) is 4.79 Å². The highest BCUT2D eigenvalue weighted by Crippen LogP contribution is 2.19. The van der Waals surface area contributed by atoms with E-state index in [1.807, 2.05) is 18.2 Å². The maximum Gasteiger partial charge on any atom is 0.410 e. The number of nitrogens with zero attached hydrogens (tertiary/aromatic N) is 2. The van der Waals surface area contributed by atoms with Gasteiger partial charge >= 0.3 is 6.09 Å². The van der Waals surface area contributed by atoms with E-state index in [1.54, 1.807) is 13.8 Å². The molecule has 1 aliphatic heterocycles. The smallest absolute Gasteiger partial charge is 0.410 e. The second-order valence-electron chi connectivity index (χ2n) is 5.37. The fourth-order valence-corrected chi connectivity index (χ4v) is 2.77. The number of hydrogen-bond donors (Lipinski definition) is 0. The van der Waals surface area contributed by atoms with Crippen LogP contribution in [0, 0.1) is 0 Å². The van der Waals surface area contributed by atoms with Gasteiger partial charge < -0.3 is 4.74 Å². The first-order valence-corrected chi connectivity index (χ1v) is 7.88. The van der Waals surface area contributed by atoms with Crippen molar-refractivity contribution in [2.45, 2.75) is 45.3 Å². The highest BCUT2D eigenvalue weighted by atomic mass is 79.9. The van der Waals surface area contributed by atoms with E-state index in [1.165, 1.54) is 4.90 Å². The molecule has 0 saturated carbocycles. The average Bonchev–Trinajstić information content (AvgIpc) is 2.40. The van der Waals surface area contributed by atoms with E-state index in [9.17, 15) is 9.59 Å². The van der Waals surface area contributed by atoms with E-state index in [0.717, 1.165) is 10.3 Å². The molecule has 1 unspecified atom stereocenters. The zero-order valence-electron chi connectivity index (χ0n) is 12.2. The number of rotatable bonds is 3. The van der Waals surface area contributed by atoms with E-state index in [4.69, 9.17) is 4.74 Å². The van der Waals surface area contributed by atoms with Gasteiger partial charge in [0, 0.05) is 25.1 Å². The third kappa shape index (κ3) is 4.27. The molecule has 5 nitrogen and oxygen atoms in total. The van der Waals surface area contributed by atoms with E-state index in [2.05, 4.69) is 20.9 Å². The molecule has 0 bridgehead atoms. The zero-order valence-corrected chi connectivity index (χ0v) is 13.8. The maximum absolute atomic E-state index is 12.2. The van der Waals surface area contributed by atoms with Gasteiger partial charge in [-0.05, 0) is 48.3 Å². The lowest BCUT2D eigenvalue weighted by Crippen LogP contribution is -2.50. The van der Waals surface area contributed by atoms with Crippen molar-refractivity contribution in [1.82, 2.24) is 9.88 Å². The Kier molecular flexibility index (Phi) is 5.33. The largest absolute Gasteiger partial charge is 0.447 e. The zero-order chi connectivity index (χ0) is 15.4. The van der Waals surface area contributed by atoms with Gasteiger partial charge in [0.05, 0.1) is 12.1 Å². The molecule has 114 valence electrons. The molecular formula is C15H19BrN2O3. The average molecular weight is 355 g/mol. The van der Waals surface area contributed by atoms with Gasteiger partial charge in [0.1, 0.15) is 4.60 Å². The lowest BCUT2D eigenvalue weighted by molar-refractivity contribution is -0.126. The standard InChI is InChI=1S/C15H19BrN2O3/c1-10(2)21-15(20)18-8-4-6-13(19)12(18)9-11-5-3-7-14(16)17-11/h3,5,7,10,12H,4,6,8-9H2,1-2H3. The van der Waals surface area contributed by atoms with E-state index in [0.29, 0.717) is 25.8 Å². The SMILES string of the molecule is CC(C)OC(=O)N1CCCC(=O)C1Cc1cccc(Br)n1. The molecule has 1 saturated heterocycles. The van der Waals surface area contributed by atoms with Crippen molar-refractivity contribution in [2.24, 2.45) is 0 Å². The van der Waals surface area contributed by atoms with Gasteiger partial charge in [0.2, 0.25) is 0 Å². The Hall–Kier alpha value is -1.43. The minimum Gasteiger partial charge on any atom is -0.447 e. The highest BCUT2D eigenvalue weighted by Gasteiger charge is 2.34. The van der Waals surface area contributed by atoms with Crippen LogP contribution in [0.3, 0.4) is 0 Å². The first-order valence-electron chi connectivity index (χ1n) is 7.09. The predicted octanol–water partition coefficient (Wildman–Crippen LogP) is 2.97. The van der Waals surface area contributed by atoms with Crippen molar-refractivity contribution in [3.05, 3.63) is 28.5 Å². The Morgan fingerprint density at radius 1 is 1.52 bits per heavy atom. The minimum absolute atomic E-state index is 0.0729. The van der Waals surface area contributed by atoms with Gasteiger partial charge in [-0.15, -0.1) is 0 Å². The van der Waals surface area contributed by atoms with Crippen LogP contribution >= 0.6 is 15.9 Å². The first-order chi connectivity index (χ1) is 9.97. The summed E-state index contributed by atoms with van der Waals surface area (Å²) in [7, 11) is 0. The number of likely N-dealkylation sites (tertiary alicyclic amines) is 1. The second-order valence-corrected chi connectivity index (χ2v) is 6.18. The summed E-state index contributed by atoms with van der Waals surface area (Å²) in [6, 6.07) is 5.08. The van der Waals surface area contributed by atoms with E-state index >= 15 is 0 Å². The van der Waals surface area contributed by atoms with Crippen LogP contribution in [0.1, 0.15) is 32.4 Å². The summed E-state index contributed by atoms with van der Waals surface area (Å²) in [5, 5.41) is 0. The highest BCUT2D eigenvalue weighted by molar-refractivity contribution is 9.10. The summed E-state index contributed by atoms with van der Waals surface area (Å²) >= 11 is 3.32. The molecule has 0 N–H and O–H groups in total. The molecule has 1 aliphatic rings. The number of Topliss-reactive ketones (excluding diaryl/α,β-unsaturated/α-hetero) is 1. The van der Waals surface area contributed by atoms with Crippen LogP contribution in [-0.2, 0) is 16.0 Å². The van der Waals surface area contributed by atoms with Crippen molar-refractivity contribution in [1.29, 1.82) is 0 Å². The molecule has 1 aromatic heterocycles. The molecule has 0 spiro atoms. The molecule has 1 atom stereocenters. The number of carbonyl (C=O) groups is 2. The van der Waals surface area contributed by atoms with Gasteiger partial charge in [-0.1, -0.05) is 6.07 Å². The molecule has 1 fully saturated rings.